The van der Waals surface area contributed by atoms with Gasteiger partial charge < -0.3 is 20.5 Å². The summed E-state index contributed by atoms with van der Waals surface area (Å²) in [6.07, 6.45) is 0. The highest BCUT2D eigenvalue weighted by molar-refractivity contribution is 7.12. The highest BCUT2D eigenvalue weighted by atomic mass is 32.1. The van der Waals surface area contributed by atoms with Crippen LogP contribution in [0.3, 0.4) is 0 Å². The number of nitrogens with zero attached hydrogens (tertiary/aromatic N) is 1. The molecule has 0 unspecified atom stereocenters. The zero-order valence-electron chi connectivity index (χ0n) is 12.5. The number of carboxylic acid groups (broad SMARTS) is 1. The number of H-pyrrole nitrogens is 1. The molecule has 2 aromatic heterocycles. The molecule has 0 aliphatic heterocycles. The number of carboxylic acids is 1. The van der Waals surface area contributed by atoms with Gasteiger partial charge >= 0.3 is 5.97 Å². The Kier molecular flexibility index (Phi) is 4.31. The maximum absolute atomic E-state index is 12.0. The summed E-state index contributed by atoms with van der Waals surface area (Å²) >= 11 is 1.32. The average Bonchev–Trinajstić information content (AvgIpc) is 3.12. The van der Waals surface area contributed by atoms with Crippen LogP contribution in [0.5, 0.6) is 5.75 Å². The third-order valence-corrected chi connectivity index (χ3v) is 4.13. The highest BCUT2D eigenvalue weighted by Gasteiger charge is 2.17. The van der Waals surface area contributed by atoms with Crippen molar-refractivity contribution in [3.05, 3.63) is 62.7 Å². The van der Waals surface area contributed by atoms with Crippen LogP contribution in [0.2, 0.25) is 0 Å². The summed E-state index contributed by atoms with van der Waals surface area (Å²) in [4.78, 5) is 41.2. The van der Waals surface area contributed by atoms with E-state index in [-0.39, 0.29) is 11.7 Å². The lowest BCUT2D eigenvalue weighted by atomic mass is 10.2. The zero-order valence-corrected chi connectivity index (χ0v) is 13.3. The van der Waals surface area contributed by atoms with Crippen LogP contribution in [-0.4, -0.2) is 32.1 Å². The molecule has 0 atom stereocenters. The first-order chi connectivity index (χ1) is 12.0. The third-order valence-electron chi connectivity index (χ3n) is 3.26. The van der Waals surface area contributed by atoms with Crippen LogP contribution in [-0.2, 0) is 0 Å². The van der Waals surface area contributed by atoms with Gasteiger partial charge in [0, 0.05) is 11.3 Å². The van der Waals surface area contributed by atoms with E-state index in [0.29, 0.717) is 16.1 Å². The van der Waals surface area contributed by atoms with Crippen LogP contribution in [0.1, 0.15) is 20.2 Å². The van der Waals surface area contributed by atoms with E-state index >= 15 is 0 Å². The number of anilines is 1. The first-order valence-corrected chi connectivity index (χ1v) is 7.85. The molecule has 4 N–H and O–H groups in total. The van der Waals surface area contributed by atoms with Crippen molar-refractivity contribution in [3.63, 3.8) is 0 Å². The van der Waals surface area contributed by atoms with E-state index < -0.39 is 23.0 Å². The number of aromatic amines is 1. The Morgan fingerprint density at radius 3 is 2.48 bits per heavy atom. The van der Waals surface area contributed by atoms with Gasteiger partial charge in [-0.1, -0.05) is 6.07 Å². The van der Waals surface area contributed by atoms with Crippen molar-refractivity contribution in [1.82, 2.24) is 9.97 Å². The summed E-state index contributed by atoms with van der Waals surface area (Å²) in [6.45, 7) is 0. The second kappa shape index (κ2) is 6.57. The average molecular weight is 357 g/mol. The summed E-state index contributed by atoms with van der Waals surface area (Å²) in [5, 5.41) is 22.9. The summed E-state index contributed by atoms with van der Waals surface area (Å²) in [5.74, 6) is -2.70. The van der Waals surface area contributed by atoms with Gasteiger partial charge in [0.1, 0.15) is 5.82 Å². The summed E-state index contributed by atoms with van der Waals surface area (Å²) < 4.78 is 0. The minimum Gasteiger partial charge on any atom is -0.501 e. The fourth-order valence-electron chi connectivity index (χ4n) is 2.06. The van der Waals surface area contributed by atoms with Gasteiger partial charge in [0.15, 0.2) is 5.69 Å². The molecular formula is C16H11N3O5S. The minimum absolute atomic E-state index is 0.00340. The van der Waals surface area contributed by atoms with Crippen LogP contribution in [0.25, 0.3) is 11.4 Å². The fourth-order valence-corrected chi connectivity index (χ4v) is 2.68. The number of hydrogen-bond donors (Lipinski definition) is 4. The molecule has 1 amide bonds. The Bertz CT molecular complexity index is 994. The quantitative estimate of drug-likeness (QED) is 0.565. The zero-order chi connectivity index (χ0) is 18.0. The van der Waals surface area contributed by atoms with Crippen molar-refractivity contribution >= 4 is 28.9 Å². The van der Waals surface area contributed by atoms with Crippen LogP contribution in [0, 0.1) is 0 Å². The lowest BCUT2D eigenvalue weighted by Crippen LogP contribution is -2.15. The topological polar surface area (TPSA) is 132 Å². The normalized spacial score (nSPS) is 10.4. The van der Waals surface area contributed by atoms with E-state index in [2.05, 4.69) is 15.3 Å². The molecule has 0 bridgehead atoms. The lowest BCUT2D eigenvalue weighted by Gasteiger charge is -2.06. The molecule has 0 aliphatic rings. The van der Waals surface area contributed by atoms with E-state index in [1.807, 2.05) is 0 Å². The molecule has 2 heterocycles. The van der Waals surface area contributed by atoms with Crippen molar-refractivity contribution < 1.29 is 19.8 Å². The monoisotopic (exact) mass is 357 g/mol. The minimum atomic E-state index is -1.51. The second-order valence-electron chi connectivity index (χ2n) is 4.93. The Balaban J connectivity index is 1.87. The number of amides is 1. The molecule has 0 saturated heterocycles. The number of hydrogen-bond acceptors (Lipinski definition) is 6. The van der Waals surface area contributed by atoms with Crippen molar-refractivity contribution in [2.24, 2.45) is 0 Å². The molecule has 9 heteroatoms. The van der Waals surface area contributed by atoms with Crippen LogP contribution >= 0.6 is 11.3 Å². The standard InChI is InChI=1S/C16H11N3O5S/c20-12-11(16(23)24)18-13(19-15(12)22)8-3-5-9(6-4-8)17-14(21)10-2-1-7-25-10/h1-7,20H,(H,17,21)(H,23,24)(H,18,19,22). The number of carbonyl (C=O) groups excluding carboxylic acids is 1. The molecule has 25 heavy (non-hydrogen) atoms. The summed E-state index contributed by atoms with van der Waals surface area (Å²) in [5.41, 5.74) is -0.721. The van der Waals surface area contributed by atoms with Crippen LogP contribution in [0.15, 0.2) is 46.6 Å². The number of nitrogens with one attached hydrogen (secondary N) is 2. The molecule has 0 aliphatic carbocycles. The van der Waals surface area contributed by atoms with Gasteiger partial charge in [0.2, 0.25) is 5.75 Å². The number of thiophene rings is 1. The molecule has 1 aromatic carbocycles. The van der Waals surface area contributed by atoms with Crippen molar-refractivity contribution in [2.75, 3.05) is 5.32 Å². The number of carbonyl (C=O) groups is 2. The molecule has 0 saturated carbocycles. The van der Waals surface area contributed by atoms with Gasteiger partial charge in [0.05, 0.1) is 4.88 Å². The predicted octanol–water partition coefficient (Wildman–Crippen LogP) is 2.15. The van der Waals surface area contributed by atoms with Gasteiger partial charge in [-0.3, -0.25) is 9.59 Å². The number of aromatic nitrogens is 2. The number of rotatable bonds is 4. The van der Waals surface area contributed by atoms with Crippen LogP contribution < -0.4 is 10.9 Å². The Morgan fingerprint density at radius 2 is 1.88 bits per heavy atom. The molecule has 0 radical (unpaired) electrons. The molecule has 3 rings (SSSR count). The van der Waals surface area contributed by atoms with Crippen molar-refractivity contribution in [1.29, 1.82) is 0 Å². The summed E-state index contributed by atoms with van der Waals surface area (Å²) in [6, 6.07) is 9.78. The molecule has 3 aromatic rings. The van der Waals surface area contributed by atoms with Gasteiger partial charge in [0.25, 0.3) is 11.5 Å². The maximum atomic E-state index is 12.0. The first-order valence-electron chi connectivity index (χ1n) is 6.97. The van der Waals surface area contributed by atoms with E-state index in [1.165, 1.54) is 11.3 Å². The number of benzene rings is 1. The maximum Gasteiger partial charge on any atom is 0.358 e. The first kappa shape index (κ1) is 16.4. The number of aromatic hydroxyl groups is 1. The Labute approximate surface area is 144 Å². The van der Waals surface area contributed by atoms with E-state index in [4.69, 9.17) is 5.11 Å². The smallest absolute Gasteiger partial charge is 0.358 e. The van der Waals surface area contributed by atoms with Crippen LogP contribution in [0.4, 0.5) is 5.69 Å². The molecule has 0 spiro atoms. The lowest BCUT2D eigenvalue weighted by molar-refractivity contribution is 0.0686. The Morgan fingerprint density at radius 1 is 1.16 bits per heavy atom. The molecular weight excluding hydrogens is 346 g/mol. The predicted molar refractivity (Wildman–Crippen MR) is 91.2 cm³/mol. The molecule has 126 valence electrons. The van der Waals surface area contributed by atoms with Gasteiger partial charge in [-0.15, -0.1) is 11.3 Å². The van der Waals surface area contributed by atoms with E-state index in [1.54, 1.807) is 41.8 Å². The fraction of sp³-hybridized carbons (Fsp3) is 0. The van der Waals surface area contributed by atoms with E-state index in [9.17, 15) is 19.5 Å². The molecule has 0 fully saturated rings. The summed E-state index contributed by atoms with van der Waals surface area (Å²) in [7, 11) is 0. The Hall–Kier alpha value is -3.46. The van der Waals surface area contributed by atoms with Gasteiger partial charge in [-0.25, -0.2) is 9.78 Å². The second-order valence-corrected chi connectivity index (χ2v) is 5.87. The van der Waals surface area contributed by atoms with Crippen molar-refractivity contribution in [2.45, 2.75) is 0 Å². The van der Waals surface area contributed by atoms with Gasteiger partial charge in [-0.2, -0.15) is 0 Å². The van der Waals surface area contributed by atoms with Gasteiger partial charge in [-0.05, 0) is 35.7 Å². The number of aromatic carboxylic acids is 1. The highest BCUT2D eigenvalue weighted by Crippen LogP contribution is 2.20. The third kappa shape index (κ3) is 3.40. The molecule has 8 nitrogen and oxygen atoms in total. The SMILES string of the molecule is O=C(Nc1ccc(-c2nc(C(=O)O)c(O)c(=O)[nH]2)cc1)c1cccs1. The largest absolute Gasteiger partial charge is 0.501 e. The van der Waals surface area contributed by atoms with Crippen molar-refractivity contribution in [3.8, 4) is 17.1 Å². The van der Waals surface area contributed by atoms with E-state index in [0.717, 1.165) is 0 Å².